The minimum atomic E-state index is -0.232. The van der Waals surface area contributed by atoms with Crippen molar-refractivity contribution >= 4 is 27.5 Å². The Morgan fingerprint density at radius 2 is 2.15 bits per heavy atom. The Morgan fingerprint density at radius 1 is 1.40 bits per heavy atom. The molecule has 0 bridgehead atoms. The smallest absolute Gasteiger partial charge is 0.124 e. The molecule has 0 radical (unpaired) electrons. The Balaban J connectivity index is 2.26. The third-order valence-corrected chi connectivity index (χ3v) is 4.78. The molecule has 1 unspecified atom stereocenters. The van der Waals surface area contributed by atoms with Gasteiger partial charge in [0.25, 0.3) is 0 Å². The number of likely N-dealkylation sites (N-methyl/N-ethyl adjacent to an activating group) is 1. The quantitative estimate of drug-likeness (QED) is 0.876. The molecule has 20 heavy (non-hydrogen) atoms. The fourth-order valence-electron chi connectivity index (χ4n) is 2.08. The van der Waals surface area contributed by atoms with Crippen LogP contribution in [-0.2, 0) is 6.42 Å². The van der Waals surface area contributed by atoms with Crippen LogP contribution in [0.1, 0.15) is 41.9 Å². The Hall–Kier alpha value is -0.850. The first-order chi connectivity index (χ1) is 9.52. The fraction of sp³-hybridized carbons (Fsp3) is 0.429. The molecule has 0 aliphatic carbocycles. The van der Waals surface area contributed by atoms with Crippen molar-refractivity contribution in [3.05, 3.63) is 44.6 Å². The summed E-state index contributed by atoms with van der Waals surface area (Å²) in [4.78, 5) is 1.15. The molecule has 3 nitrogen and oxygen atoms in total. The van der Waals surface area contributed by atoms with Gasteiger partial charge in [0.15, 0.2) is 0 Å². The van der Waals surface area contributed by atoms with E-state index >= 15 is 0 Å². The summed E-state index contributed by atoms with van der Waals surface area (Å²) in [5, 5.41) is 7.53. The van der Waals surface area contributed by atoms with E-state index < -0.39 is 0 Å². The summed E-state index contributed by atoms with van der Waals surface area (Å²) >= 11 is 4.85. The van der Waals surface area contributed by atoms with Gasteiger partial charge < -0.3 is 5.32 Å². The number of hydrogen-bond donors (Lipinski definition) is 1. The molecule has 1 aromatic carbocycles. The molecule has 0 aliphatic rings. The first-order valence-electron chi connectivity index (χ1n) is 6.46. The van der Waals surface area contributed by atoms with Gasteiger partial charge in [0.1, 0.15) is 5.82 Å². The van der Waals surface area contributed by atoms with Gasteiger partial charge in [-0.3, -0.25) is 0 Å². The van der Waals surface area contributed by atoms with Crippen LogP contribution in [0.3, 0.4) is 0 Å². The lowest BCUT2D eigenvalue weighted by molar-refractivity contribution is 0.585. The predicted molar refractivity (Wildman–Crippen MR) is 83.6 cm³/mol. The first-order valence-corrected chi connectivity index (χ1v) is 8.03. The van der Waals surface area contributed by atoms with Crippen LogP contribution in [0.25, 0.3) is 0 Å². The lowest BCUT2D eigenvalue weighted by atomic mass is 10.0. The molecule has 0 spiro atoms. The molecule has 1 atom stereocenters. The van der Waals surface area contributed by atoms with Gasteiger partial charge in [-0.25, -0.2) is 4.39 Å². The highest BCUT2D eigenvalue weighted by atomic mass is 79.9. The van der Waals surface area contributed by atoms with E-state index in [9.17, 15) is 4.39 Å². The van der Waals surface area contributed by atoms with E-state index in [1.54, 1.807) is 0 Å². The van der Waals surface area contributed by atoms with Gasteiger partial charge in [-0.1, -0.05) is 40.3 Å². The summed E-state index contributed by atoms with van der Waals surface area (Å²) in [6.07, 6.45) is 0.765. The number of hydrogen-bond acceptors (Lipinski definition) is 4. The van der Waals surface area contributed by atoms with Gasteiger partial charge in [-0.05, 0) is 48.6 Å². The normalized spacial score (nSPS) is 12.9. The van der Waals surface area contributed by atoms with Crippen molar-refractivity contribution in [2.75, 3.05) is 7.05 Å². The van der Waals surface area contributed by atoms with E-state index in [0.29, 0.717) is 5.92 Å². The largest absolute Gasteiger partial charge is 0.312 e. The SMILES string of the molecule is CNC(Cc1ccc(F)cc1Br)c1snnc1C(C)C. The molecule has 1 N–H and O–H groups in total. The van der Waals surface area contributed by atoms with Crippen LogP contribution in [0.2, 0.25) is 0 Å². The fourth-order valence-corrected chi connectivity index (χ4v) is 3.51. The second-order valence-electron chi connectivity index (χ2n) is 4.96. The summed E-state index contributed by atoms with van der Waals surface area (Å²) in [5.41, 5.74) is 2.10. The maximum absolute atomic E-state index is 13.1. The second kappa shape index (κ2) is 6.74. The number of nitrogens with zero attached hydrogens (tertiary/aromatic N) is 2. The molecule has 0 aliphatic heterocycles. The molecule has 108 valence electrons. The molecule has 0 saturated carbocycles. The van der Waals surface area contributed by atoms with Crippen LogP contribution in [0.15, 0.2) is 22.7 Å². The van der Waals surface area contributed by atoms with E-state index in [1.165, 1.54) is 23.7 Å². The lowest BCUT2D eigenvalue weighted by Gasteiger charge is -2.17. The van der Waals surface area contributed by atoms with Crippen molar-refractivity contribution < 1.29 is 4.39 Å². The summed E-state index contributed by atoms with van der Waals surface area (Å²) in [6, 6.07) is 4.93. The molecule has 0 amide bonds. The number of benzene rings is 1. The monoisotopic (exact) mass is 357 g/mol. The average molecular weight is 358 g/mol. The molecule has 2 aromatic rings. The highest BCUT2D eigenvalue weighted by Crippen LogP contribution is 2.30. The van der Waals surface area contributed by atoms with E-state index in [0.717, 1.165) is 27.0 Å². The number of rotatable bonds is 5. The maximum Gasteiger partial charge on any atom is 0.124 e. The number of nitrogens with one attached hydrogen (secondary N) is 1. The van der Waals surface area contributed by atoms with E-state index in [1.807, 2.05) is 13.1 Å². The molecular formula is C14H17BrFN3S. The molecule has 6 heteroatoms. The highest BCUT2D eigenvalue weighted by Gasteiger charge is 2.21. The maximum atomic E-state index is 13.1. The Bertz CT molecular complexity index is 586. The molecule has 0 saturated heterocycles. The second-order valence-corrected chi connectivity index (χ2v) is 6.60. The third-order valence-electron chi connectivity index (χ3n) is 3.19. The zero-order chi connectivity index (χ0) is 14.7. The Kier molecular flexibility index (Phi) is 5.23. The summed E-state index contributed by atoms with van der Waals surface area (Å²) < 4.78 is 18.0. The van der Waals surface area contributed by atoms with Gasteiger partial charge in [0.05, 0.1) is 10.6 Å². The van der Waals surface area contributed by atoms with Crippen LogP contribution in [0.4, 0.5) is 4.39 Å². The van der Waals surface area contributed by atoms with Crippen molar-refractivity contribution in [3.8, 4) is 0 Å². The van der Waals surface area contributed by atoms with Crippen molar-refractivity contribution in [1.29, 1.82) is 0 Å². The van der Waals surface area contributed by atoms with Crippen LogP contribution in [0, 0.1) is 5.82 Å². The van der Waals surface area contributed by atoms with E-state index in [2.05, 4.69) is 44.7 Å². The first kappa shape index (κ1) is 15.5. The van der Waals surface area contributed by atoms with Crippen molar-refractivity contribution in [3.63, 3.8) is 0 Å². The molecule has 1 heterocycles. The minimum absolute atomic E-state index is 0.133. The van der Waals surface area contributed by atoms with Crippen LogP contribution >= 0.6 is 27.5 Å². The van der Waals surface area contributed by atoms with E-state index in [-0.39, 0.29) is 11.9 Å². The molecule has 1 aromatic heterocycles. The number of halogens is 2. The van der Waals surface area contributed by atoms with Crippen molar-refractivity contribution in [2.24, 2.45) is 0 Å². The third kappa shape index (κ3) is 3.42. The van der Waals surface area contributed by atoms with Gasteiger partial charge in [0.2, 0.25) is 0 Å². The van der Waals surface area contributed by atoms with Crippen LogP contribution in [-0.4, -0.2) is 16.6 Å². The van der Waals surface area contributed by atoms with Gasteiger partial charge in [0, 0.05) is 10.5 Å². The Labute approximate surface area is 130 Å². The van der Waals surface area contributed by atoms with Gasteiger partial charge >= 0.3 is 0 Å². The summed E-state index contributed by atoms with van der Waals surface area (Å²) in [5.74, 6) is 0.111. The van der Waals surface area contributed by atoms with Crippen molar-refractivity contribution in [1.82, 2.24) is 14.9 Å². The van der Waals surface area contributed by atoms with E-state index in [4.69, 9.17) is 0 Å². The average Bonchev–Trinajstić information content (AvgIpc) is 2.87. The molecule has 2 rings (SSSR count). The zero-order valence-electron chi connectivity index (χ0n) is 11.7. The minimum Gasteiger partial charge on any atom is -0.312 e. The lowest BCUT2D eigenvalue weighted by Crippen LogP contribution is -2.19. The van der Waals surface area contributed by atoms with Gasteiger partial charge in [-0.2, -0.15) is 0 Å². The summed E-state index contributed by atoms with van der Waals surface area (Å²) in [7, 11) is 1.92. The summed E-state index contributed by atoms with van der Waals surface area (Å²) in [6.45, 7) is 4.22. The molecule has 0 fully saturated rings. The van der Waals surface area contributed by atoms with Crippen molar-refractivity contribution in [2.45, 2.75) is 32.2 Å². The number of aromatic nitrogens is 2. The van der Waals surface area contributed by atoms with Crippen LogP contribution in [0.5, 0.6) is 0 Å². The zero-order valence-corrected chi connectivity index (χ0v) is 14.1. The topological polar surface area (TPSA) is 37.8 Å². The van der Waals surface area contributed by atoms with Gasteiger partial charge in [-0.15, -0.1) is 5.10 Å². The highest BCUT2D eigenvalue weighted by molar-refractivity contribution is 9.10. The molecular weight excluding hydrogens is 341 g/mol. The van der Waals surface area contributed by atoms with Crippen LogP contribution < -0.4 is 5.32 Å². The Morgan fingerprint density at radius 3 is 2.75 bits per heavy atom. The standard InChI is InChI=1S/C14H17BrFN3S/c1-8(2)13-14(20-19-18-13)12(17-3)6-9-4-5-10(16)7-11(9)15/h4-5,7-8,12,17H,6H2,1-3H3. The predicted octanol–water partition coefficient (Wildman–Crippen LogP) is 4.07.